The summed E-state index contributed by atoms with van der Waals surface area (Å²) in [4.78, 5) is 0. The standard InChI is InChI=1S/C12H18ClNO4/c1-17-11-4-8(3-10(13)12(11)18-2)5-14-6-9(16)7-15/h3-4,9,14-16H,5-7H2,1-2H3. The SMILES string of the molecule is COc1cc(CNCC(O)CO)cc(Cl)c1OC. The molecule has 0 aliphatic heterocycles. The third-order valence-corrected chi connectivity index (χ3v) is 2.69. The molecule has 0 aromatic heterocycles. The van der Waals surface area contributed by atoms with E-state index >= 15 is 0 Å². The van der Waals surface area contributed by atoms with Gasteiger partial charge < -0.3 is 25.0 Å². The van der Waals surface area contributed by atoms with Crippen molar-refractivity contribution in [1.82, 2.24) is 5.32 Å². The Labute approximate surface area is 111 Å². The van der Waals surface area contributed by atoms with E-state index in [-0.39, 0.29) is 6.61 Å². The van der Waals surface area contributed by atoms with Gasteiger partial charge in [-0.3, -0.25) is 0 Å². The highest BCUT2D eigenvalue weighted by Crippen LogP contribution is 2.35. The van der Waals surface area contributed by atoms with Crippen LogP contribution in [0.1, 0.15) is 5.56 Å². The fourth-order valence-corrected chi connectivity index (χ4v) is 1.83. The van der Waals surface area contributed by atoms with Gasteiger partial charge in [0.05, 0.1) is 32.0 Å². The second-order valence-electron chi connectivity index (χ2n) is 3.78. The number of ether oxygens (including phenoxy) is 2. The highest BCUT2D eigenvalue weighted by atomic mass is 35.5. The first-order valence-corrected chi connectivity index (χ1v) is 5.90. The molecule has 5 nitrogen and oxygen atoms in total. The van der Waals surface area contributed by atoms with Gasteiger partial charge in [-0.15, -0.1) is 0 Å². The molecular weight excluding hydrogens is 258 g/mol. The Hall–Kier alpha value is -1.01. The summed E-state index contributed by atoms with van der Waals surface area (Å²) in [5, 5.41) is 21.3. The van der Waals surface area contributed by atoms with Crippen LogP contribution in [0.2, 0.25) is 5.02 Å². The summed E-state index contributed by atoms with van der Waals surface area (Å²) < 4.78 is 10.3. The predicted octanol–water partition coefficient (Wildman–Crippen LogP) is 0.800. The molecule has 1 atom stereocenters. The first-order chi connectivity index (χ1) is 8.62. The van der Waals surface area contributed by atoms with Crippen molar-refractivity contribution in [2.24, 2.45) is 0 Å². The smallest absolute Gasteiger partial charge is 0.179 e. The van der Waals surface area contributed by atoms with E-state index in [4.69, 9.17) is 26.2 Å². The van der Waals surface area contributed by atoms with Crippen LogP contribution < -0.4 is 14.8 Å². The van der Waals surface area contributed by atoms with Gasteiger partial charge in [-0.2, -0.15) is 0 Å². The van der Waals surface area contributed by atoms with Crippen LogP contribution >= 0.6 is 11.6 Å². The van der Waals surface area contributed by atoms with Crippen LogP contribution in [-0.4, -0.2) is 43.7 Å². The topological polar surface area (TPSA) is 71.0 Å². The maximum Gasteiger partial charge on any atom is 0.179 e. The molecule has 0 bridgehead atoms. The van der Waals surface area contributed by atoms with Gasteiger partial charge in [-0.05, 0) is 17.7 Å². The van der Waals surface area contributed by atoms with Gasteiger partial charge in [0.2, 0.25) is 0 Å². The van der Waals surface area contributed by atoms with Crippen molar-refractivity contribution in [1.29, 1.82) is 0 Å². The van der Waals surface area contributed by atoms with Gasteiger partial charge in [0.1, 0.15) is 0 Å². The van der Waals surface area contributed by atoms with Crippen LogP contribution in [0.3, 0.4) is 0 Å². The van der Waals surface area contributed by atoms with Crippen molar-refractivity contribution in [2.45, 2.75) is 12.6 Å². The number of nitrogens with one attached hydrogen (secondary N) is 1. The van der Waals surface area contributed by atoms with Crippen molar-refractivity contribution < 1.29 is 19.7 Å². The summed E-state index contributed by atoms with van der Waals surface area (Å²) in [5.74, 6) is 1.06. The molecule has 1 aromatic carbocycles. The number of hydrogen-bond donors (Lipinski definition) is 3. The van der Waals surface area contributed by atoms with Crippen LogP contribution in [0.25, 0.3) is 0 Å². The average Bonchev–Trinajstić information content (AvgIpc) is 2.37. The molecule has 0 radical (unpaired) electrons. The van der Waals surface area contributed by atoms with E-state index in [0.717, 1.165) is 5.56 Å². The molecule has 0 aliphatic rings. The van der Waals surface area contributed by atoms with Gasteiger partial charge in [0, 0.05) is 13.1 Å². The largest absolute Gasteiger partial charge is 0.493 e. The predicted molar refractivity (Wildman–Crippen MR) is 69.4 cm³/mol. The number of benzene rings is 1. The second kappa shape index (κ2) is 7.43. The highest BCUT2D eigenvalue weighted by Gasteiger charge is 2.11. The van der Waals surface area contributed by atoms with E-state index < -0.39 is 6.10 Å². The van der Waals surface area contributed by atoms with Crippen molar-refractivity contribution >= 4 is 11.6 Å². The Kier molecular flexibility index (Phi) is 6.21. The molecule has 0 heterocycles. The number of aliphatic hydroxyl groups is 2. The molecule has 0 aliphatic carbocycles. The molecule has 0 saturated heterocycles. The lowest BCUT2D eigenvalue weighted by Crippen LogP contribution is -2.28. The molecule has 0 saturated carbocycles. The molecule has 1 rings (SSSR count). The minimum absolute atomic E-state index is 0.264. The highest BCUT2D eigenvalue weighted by molar-refractivity contribution is 6.32. The zero-order valence-electron chi connectivity index (χ0n) is 10.4. The van der Waals surface area contributed by atoms with Gasteiger partial charge in [-0.1, -0.05) is 11.6 Å². The van der Waals surface area contributed by atoms with E-state index in [0.29, 0.717) is 29.6 Å². The zero-order chi connectivity index (χ0) is 13.5. The van der Waals surface area contributed by atoms with E-state index in [1.54, 1.807) is 13.2 Å². The third-order valence-electron chi connectivity index (χ3n) is 2.41. The number of halogens is 1. The summed E-state index contributed by atoms with van der Waals surface area (Å²) in [6.07, 6.45) is -0.763. The Morgan fingerprint density at radius 3 is 2.61 bits per heavy atom. The molecule has 6 heteroatoms. The summed E-state index contributed by atoms with van der Waals surface area (Å²) in [6.45, 7) is 0.555. The lowest BCUT2D eigenvalue weighted by atomic mass is 10.2. The fourth-order valence-electron chi connectivity index (χ4n) is 1.52. The van der Waals surface area contributed by atoms with Crippen molar-refractivity contribution in [3.63, 3.8) is 0 Å². The minimum atomic E-state index is -0.763. The molecule has 1 aromatic rings. The Balaban J connectivity index is 2.69. The van der Waals surface area contributed by atoms with Crippen LogP contribution in [0, 0.1) is 0 Å². The first kappa shape index (κ1) is 15.0. The second-order valence-corrected chi connectivity index (χ2v) is 4.19. The van der Waals surface area contributed by atoms with Gasteiger partial charge in [0.25, 0.3) is 0 Å². The maximum atomic E-state index is 9.19. The molecule has 0 fully saturated rings. The third kappa shape index (κ3) is 4.03. The van der Waals surface area contributed by atoms with E-state index in [2.05, 4.69) is 5.32 Å². The number of methoxy groups -OCH3 is 2. The van der Waals surface area contributed by atoms with Gasteiger partial charge >= 0.3 is 0 Å². The van der Waals surface area contributed by atoms with E-state index in [9.17, 15) is 5.11 Å². The summed E-state index contributed by atoms with van der Waals surface area (Å²) in [5.41, 5.74) is 0.905. The molecule has 18 heavy (non-hydrogen) atoms. The lowest BCUT2D eigenvalue weighted by Gasteiger charge is -2.13. The summed E-state index contributed by atoms with van der Waals surface area (Å²) in [7, 11) is 3.07. The van der Waals surface area contributed by atoms with Crippen LogP contribution in [0.5, 0.6) is 11.5 Å². The Bertz CT molecular complexity index is 387. The fraction of sp³-hybridized carbons (Fsp3) is 0.500. The lowest BCUT2D eigenvalue weighted by molar-refractivity contribution is 0.0942. The quantitative estimate of drug-likeness (QED) is 0.687. The maximum absolute atomic E-state index is 9.19. The van der Waals surface area contributed by atoms with Crippen molar-refractivity contribution in [3.05, 3.63) is 22.7 Å². The molecule has 0 amide bonds. The molecular formula is C12H18ClNO4. The van der Waals surface area contributed by atoms with Gasteiger partial charge in [0.15, 0.2) is 11.5 Å². The number of rotatable bonds is 7. The summed E-state index contributed by atoms with van der Waals surface area (Å²) in [6, 6.07) is 3.57. The van der Waals surface area contributed by atoms with Crippen molar-refractivity contribution in [3.8, 4) is 11.5 Å². The van der Waals surface area contributed by atoms with Crippen molar-refractivity contribution in [2.75, 3.05) is 27.4 Å². The Morgan fingerprint density at radius 2 is 2.06 bits per heavy atom. The van der Waals surface area contributed by atoms with Crippen LogP contribution in [0.4, 0.5) is 0 Å². The first-order valence-electron chi connectivity index (χ1n) is 5.52. The minimum Gasteiger partial charge on any atom is -0.493 e. The van der Waals surface area contributed by atoms with Crippen LogP contribution in [-0.2, 0) is 6.54 Å². The molecule has 1 unspecified atom stereocenters. The van der Waals surface area contributed by atoms with Crippen LogP contribution in [0.15, 0.2) is 12.1 Å². The van der Waals surface area contributed by atoms with E-state index in [1.807, 2.05) is 6.07 Å². The average molecular weight is 276 g/mol. The normalized spacial score (nSPS) is 12.3. The zero-order valence-corrected chi connectivity index (χ0v) is 11.2. The monoisotopic (exact) mass is 275 g/mol. The summed E-state index contributed by atoms with van der Waals surface area (Å²) >= 11 is 6.06. The Morgan fingerprint density at radius 1 is 1.33 bits per heavy atom. The molecule has 102 valence electrons. The number of hydrogen-bond acceptors (Lipinski definition) is 5. The molecule has 3 N–H and O–H groups in total. The number of aliphatic hydroxyl groups excluding tert-OH is 2. The van der Waals surface area contributed by atoms with Gasteiger partial charge in [-0.25, -0.2) is 0 Å². The molecule has 0 spiro atoms. The van der Waals surface area contributed by atoms with E-state index in [1.165, 1.54) is 7.11 Å².